The van der Waals surface area contributed by atoms with Gasteiger partial charge >= 0.3 is 17.9 Å². The number of rotatable bonds is 9. The summed E-state index contributed by atoms with van der Waals surface area (Å²) in [5.41, 5.74) is -0.235. The molecule has 11 heteroatoms. The molecule has 0 aromatic carbocycles. The number of ether oxygens (including phenoxy) is 5. The van der Waals surface area contributed by atoms with Crippen LogP contribution in [0, 0.1) is 17.8 Å². The molecule has 1 saturated carbocycles. The molecule has 37 heavy (non-hydrogen) atoms. The maximum atomic E-state index is 13.1. The largest absolute Gasteiger partial charge is 0.493 e. The zero-order valence-electron chi connectivity index (χ0n) is 22.0. The maximum absolute atomic E-state index is 13.1. The Balaban J connectivity index is 1.78. The van der Waals surface area contributed by atoms with Crippen LogP contribution in [0.25, 0.3) is 0 Å². The van der Waals surface area contributed by atoms with Crippen LogP contribution in [0.5, 0.6) is 11.5 Å². The van der Waals surface area contributed by atoms with Gasteiger partial charge in [0, 0.05) is 25.1 Å². The summed E-state index contributed by atoms with van der Waals surface area (Å²) in [6, 6.07) is 0.269. The van der Waals surface area contributed by atoms with E-state index in [1.54, 1.807) is 6.92 Å². The molecule has 0 radical (unpaired) electrons. The smallest absolute Gasteiger partial charge is 0.331 e. The van der Waals surface area contributed by atoms with Crippen molar-refractivity contribution in [1.29, 1.82) is 0 Å². The number of hydrogen-bond acceptors (Lipinski definition) is 10. The molecule has 1 amide bonds. The number of carbonyl (C=O) groups is 4. The summed E-state index contributed by atoms with van der Waals surface area (Å²) in [7, 11) is 1.36. The fourth-order valence-corrected chi connectivity index (χ4v) is 4.10. The van der Waals surface area contributed by atoms with Gasteiger partial charge < -0.3 is 29.0 Å². The Labute approximate surface area is 216 Å². The highest BCUT2D eigenvalue weighted by Gasteiger charge is 2.39. The Morgan fingerprint density at radius 3 is 2.57 bits per heavy atom. The van der Waals surface area contributed by atoms with E-state index >= 15 is 0 Å². The van der Waals surface area contributed by atoms with Gasteiger partial charge in [0.05, 0.1) is 26.2 Å². The van der Waals surface area contributed by atoms with Crippen molar-refractivity contribution in [3.8, 4) is 11.5 Å². The Morgan fingerprint density at radius 2 is 1.95 bits per heavy atom. The van der Waals surface area contributed by atoms with Crippen LogP contribution in [0.4, 0.5) is 0 Å². The quantitative estimate of drug-likeness (QED) is 0.483. The first-order valence-electron chi connectivity index (χ1n) is 12.6. The molecule has 11 nitrogen and oxygen atoms in total. The number of carbonyl (C=O) groups excluding carboxylic acids is 4. The predicted octanol–water partition coefficient (Wildman–Crippen LogP) is 2.45. The lowest BCUT2D eigenvalue weighted by molar-refractivity contribution is -0.163. The molecule has 4 atom stereocenters. The fourth-order valence-electron chi connectivity index (χ4n) is 4.10. The highest BCUT2D eigenvalue weighted by Crippen LogP contribution is 2.33. The molecule has 0 bridgehead atoms. The topological polar surface area (TPSA) is 139 Å². The summed E-state index contributed by atoms with van der Waals surface area (Å²) >= 11 is 0. The lowest BCUT2D eigenvalue weighted by atomic mass is 9.89. The van der Waals surface area contributed by atoms with Crippen molar-refractivity contribution in [2.24, 2.45) is 17.8 Å². The third-order valence-corrected chi connectivity index (χ3v) is 6.34. The molecule has 204 valence electrons. The molecule has 2 aliphatic rings. The number of cyclic esters (lactones) is 1. The molecule has 2 heterocycles. The molecule has 1 aromatic rings. The van der Waals surface area contributed by atoms with Crippen LogP contribution in [-0.2, 0) is 28.6 Å². The molecule has 1 aromatic heterocycles. The third-order valence-electron chi connectivity index (χ3n) is 6.34. The van der Waals surface area contributed by atoms with Crippen molar-refractivity contribution in [3.63, 3.8) is 0 Å². The van der Waals surface area contributed by atoms with Gasteiger partial charge in [0.2, 0.25) is 5.75 Å². The molecule has 1 saturated heterocycles. The van der Waals surface area contributed by atoms with E-state index < -0.39 is 36.1 Å². The molecular weight excluding hydrogens is 484 g/mol. The summed E-state index contributed by atoms with van der Waals surface area (Å²) in [5, 5.41) is 2.56. The molecule has 0 spiro atoms. The Kier molecular flexibility index (Phi) is 9.85. The average Bonchev–Trinajstić information content (AvgIpc) is 3.67. The molecule has 1 aliphatic carbocycles. The summed E-state index contributed by atoms with van der Waals surface area (Å²) in [5.74, 6) is -2.37. The van der Waals surface area contributed by atoms with Gasteiger partial charge in [-0.15, -0.1) is 0 Å². The van der Waals surface area contributed by atoms with Gasteiger partial charge in [-0.25, -0.2) is 9.78 Å². The molecule has 2 fully saturated rings. The van der Waals surface area contributed by atoms with Crippen molar-refractivity contribution in [2.45, 2.75) is 71.6 Å². The van der Waals surface area contributed by atoms with Gasteiger partial charge in [0.25, 0.3) is 5.91 Å². The minimum atomic E-state index is -1.17. The van der Waals surface area contributed by atoms with Crippen molar-refractivity contribution < 1.29 is 42.9 Å². The van der Waals surface area contributed by atoms with Crippen LogP contribution < -0.4 is 14.8 Å². The lowest BCUT2D eigenvalue weighted by Gasteiger charge is -2.31. The fraction of sp³-hybridized carbons (Fsp3) is 0.654. The molecule has 1 aliphatic heterocycles. The van der Waals surface area contributed by atoms with Crippen LogP contribution in [0.2, 0.25) is 0 Å². The van der Waals surface area contributed by atoms with Crippen LogP contribution in [0.1, 0.15) is 63.9 Å². The summed E-state index contributed by atoms with van der Waals surface area (Å²) < 4.78 is 27.6. The standard InChI is InChI=1S/C26H36N2O9/c1-14(2)6-9-18-15(3)35-26(32)19(12-34-13-21(18)37-25(31)17-7-8-17)28-24(30)22-23(36-16(4)29)20(33-5)10-11-27-22/h10-11,14-15,17-19,21H,6-9,12-13H2,1-5H3,(H,28,30)/t15-,18-,19-,21-/m0/s1. The number of pyridine rings is 1. The van der Waals surface area contributed by atoms with Crippen LogP contribution >= 0.6 is 0 Å². The van der Waals surface area contributed by atoms with Crippen LogP contribution in [0.15, 0.2) is 12.3 Å². The highest BCUT2D eigenvalue weighted by molar-refractivity contribution is 5.98. The van der Waals surface area contributed by atoms with Gasteiger partial charge in [0.15, 0.2) is 17.5 Å². The summed E-state index contributed by atoms with van der Waals surface area (Å²) in [6.07, 6.45) is 3.30. The van der Waals surface area contributed by atoms with Crippen molar-refractivity contribution >= 4 is 23.8 Å². The van der Waals surface area contributed by atoms with E-state index in [4.69, 9.17) is 23.7 Å². The maximum Gasteiger partial charge on any atom is 0.331 e. The zero-order chi connectivity index (χ0) is 27.1. The van der Waals surface area contributed by atoms with Crippen LogP contribution in [-0.4, -0.2) is 67.4 Å². The number of nitrogens with one attached hydrogen (secondary N) is 1. The average molecular weight is 521 g/mol. The van der Waals surface area contributed by atoms with Crippen molar-refractivity contribution in [3.05, 3.63) is 18.0 Å². The van der Waals surface area contributed by atoms with Crippen molar-refractivity contribution in [2.75, 3.05) is 20.3 Å². The van der Waals surface area contributed by atoms with Crippen LogP contribution in [0.3, 0.4) is 0 Å². The first kappa shape index (κ1) is 28.4. The monoisotopic (exact) mass is 520 g/mol. The first-order valence-corrected chi connectivity index (χ1v) is 12.6. The second-order valence-electron chi connectivity index (χ2n) is 9.87. The number of nitrogens with zero attached hydrogens (tertiary/aromatic N) is 1. The van der Waals surface area contributed by atoms with E-state index in [0.717, 1.165) is 19.3 Å². The minimum absolute atomic E-state index is 0.0602. The lowest BCUT2D eigenvalue weighted by Crippen LogP contribution is -2.46. The number of hydrogen-bond donors (Lipinski definition) is 1. The van der Waals surface area contributed by atoms with Gasteiger partial charge in [-0.1, -0.05) is 20.3 Å². The summed E-state index contributed by atoms with van der Waals surface area (Å²) in [4.78, 5) is 54.2. The second-order valence-corrected chi connectivity index (χ2v) is 9.87. The van der Waals surface area contributed by atoms with E-state index in [-0.39, 0.29) is 48.2 Å². The number of methoxy groups -OCH3 is 1. The van der Waals surface area contributed by atoms with Gasteiger partial charge in [-0.2, -0.15) is 0 Å². The Morgan fingerprint density at radius 1 is 1.22 bits per heavy atom. The summed E-state index contributed by atoms with van der Waals surface area (Å²) in [6.45, 7) is 6.98. The van der Waals surface area contributed by atoms with Gasteiger partial charge in [-0.3, -0.25) is 14.4 Å². The number of esters is 3. The highest BCUT2D eigenvalue weighted by atomic mass is 16.6. The predicted molar refractivity (Wildman–Crippen MR) is 130 cm³/mol. The molecule has 3 rings (SSSR count). The SMILES string of the molecule is COc1ccnc(C(=O)N[C@H]2COC[C@H](OC(=O)C3CC3)[C@@H](CCC(C)C)[C@H](C)OC2=O)c1OC(C)=O. The Bertz CT molecular complexity index is 992. The zero-order valence-corrected chi connectivity index (χ0v) is 22.0. The van der Waals surface area contributed by atoms with Gasteiger partial charge in [-0.05, 0) is 32.1 Å². The molecule has 1 N–H and O–H groups in total. The van der Waals surface area contributed by atoms with E-state index in [9.17, 15) is 19.2 Å². The third kappa shape index (κ3) is 7.88. The van der Waals surface area contributed by atoms with E-state index in [2.05, 4.69) is 24.1 Å². The first-order chi connectivity index (χ1) is 17.6. The molecule has 0 unspecified atom stereocenters. The number of aromatic nitrogens is 1. The van der Waals surface area contributed by atoms with Gasteiger partial charge in [0.1, 0.15) is 12.2 Å². The Hall–Kier alpha value is -3.21. The number of amides is 1. The second kappa shape index (κ2) is 12.8. The minimum Gasteiger partial charge on any atom is -0.493 e. The normalized spacial score (nSPS) is 24.2. The molecular formula is C26H36N2O9. The van der Waals surface area contributed by atoms with E-state index in [1.165, 1.54) is 26.3 Å². The van der Waals surface area contributed by atoms with E-state index in [0.29, 0.717) is 12.3 Å². The van der Waals surface area contributed by atoms with E-state index in [1.807, 2.05) is 0 Å². The van der Waals surface area contributed by atoms with Crippen molar-refractivity contribution in [1.82, 2.24) is 10.3 Å².